The van der Waals surface area contributed by atoms with Crippen molar-refractivity contribution in [2.75, 3.05) is 0 Å². The number of Topliss-reactive ketones (excluding diaryl/α,β-unsaturated/α-hetero) is 1. The third kappa shape index (κ3) is 2.52. The number of esters is 1. The Morgan fingerprint density at radius 3 is 2.68 bits per heavy atom. The molecule has 0 radical (unpaired) electrons. The molecule has 6 heteroatoms. The van der Waals surface area contributed by atoms with Crippen LogP contribution >= 0.6 is 0 Å². The summed E-state index contributed by atoms with van der Waals surface area (Å²) < 4.78 is 6.44. The summed E-state index contributed by atoms with van der Waals surface area (Å²) in [6.45, 7) is 0. The normalized spacial score (nSPS) is 18.4. The highest BCUT2D eigenvalue weighted by atomic mass is 16.5. The molecule has 1 aromatic heterocycles. The van der Waals surface area contributed by atoms with Gasteiger partial charge >= 0.3 is 5.97 Å². The molecular weight excluding hydrogens is 284 g/mol. The Hall–Kier alpha value is -2.50. The third-order valence-electron chi connectivity index (χ3n) is 3.90. The zero-order valence-corrected chi connectivity index (χ0v) is 12.2. The fourth-order valence-electron chi connectivity index (χ4n) is 2.71. The van der Waals surface area contributed by atoms with E-state index in [2.05, 4.69) is 5.10 Å². The lowest BCUT2D eigenvalue weighted by Gasteiger charge is -2.20. The van der Waals surface area contributed by atoms with Crippen LogP contribution in [0.5, 0.6) is 0 Å². The second-order valence-electron chi connectivity index (χ2n) is 5.43. The quantitative estimate of drug-likeness (QED) is 0.787. The smallest absolute Gasteiger partial charge is 0.360 e. The average Bonchev–Trinajstić information content (AvgIpc) is 2.53. The van der Waals surface area contributed by atoms with Crippen LogP contribution in [0.4, 0.5) is 0 Å². The summed E-state index contributed by atoms with van der Waals surface area (Å²) in [7, 11) is 1.48. The van der Waals surface area contributed by atoms with Gasteiger partial charge in [0.05, 0.1) is 5.39 Å². The Balaban J connectivity index is 1.99. The second-order valence-corrected chi connectivity index (χ2v) is 5.43. The number of aryl methyl sites for hydroxylation is 1. The van der Waals surface area contributed by atoms with Crippen LogP contribution in [0.1, 0.15) is 36.2 Å². The fourth-order valence-corrected chi connectivity index (χ4v) is 2.71. The van der Waals surface area contributed by atoms with Crippen molar-refractivity contribution in [3.63, 3.8) is 0 Å². The maximum Gasteiger partial charge on any atom is 0.360 e. The first-order valence-electron chi connectivity index (χ1n) is 7.27. The molecule has 0 aliphatic heterocycles. The van der Waals surface area contributed by atoms with Crippen molar-refractivity contribution in [2.45, 2.75) is 31.8 Å². The molecule has 1 aromatic carbocycles. The summed E-state index contributed by atoms with van der Waals surface area (Å²) in [4.78, 5) is 36.2. The van der Waals surface area contributed by atoms with Crippen LogP contribution in [-0.4, -0.2) is 27.6 Å². The molecular formula is C16H16N2O4. The second kappa shape index (κ2) is 5.71. The van der Waals surface area contributed by atoms with E-state index in [0.717, 1.165) is 17.5 Å². The van der Waals surface area contributed by atoms with E-state index in [4.69, 9.17) is 4.74 Å². The van der Waals surface area contributed by atoms with Crippen molar-refractivity contribution < 1.29 is 14.3 Å². The number of rotatable bonds is 2. The molecule has 2 aromatic rings. The monoisotopic (exact) mass is 300 g/mol. The lowest BCUT2D eigenvalue weighted by atomic mass is 9.96. The number of carbonyl (C=O) groups excluding carboxylic acids is 2. The molecule has 1 aliphatic rings. The highest BCUT2D eigenvalue weighted by Gasteiger charge is 2.28. The number of carbonyl (C=O) groups is 2. The van der Waals surface area contributed by atoms with Gasteiger partial charge in [0.1, 0.15) is 0 Å². The van der Waals surface area contributed by atoms with Crippen LogP contribution in [0.15, 0.2) is 29.1 Å². The number of hydrogen-bond acceptors (Lipinski definition) is 5. The molecule has 0 saturated heterocycles. The number of ketones is 1. The summed E-state index contributed by atoms with van der Waals surface area (Å²) in [6.07, 6.45) is 2.01. The summed E-state index contributed by atoms with van der Waals surface area (Å²) in [6, 6.07) is 6.75. The first-order chi connectivity index (χ1) is 10.6. The average molecular weight is 300 g/mol. The molecule has 1 heterocycles. The van der Waals surface area contributed by atoms with E-state index < -0.39 is 12.1 Å². The Kier molecular flexibility index (Phi) is 3.75. The molecule has 0 spiro atoms. The van der Waals surface area contributed by atoms with Crippen molar-refractivity contribution in [1.29, 1.82) is 0 Å². The summed E-state index contributed by atoms with van der Waals surface area (Å²) >= 11 is 0. The Morgan fingerprint density at radius 2 is 1.95 bits per heavy atom. The first-order valence-corrected chi connectivity index (χ1v) is 7.27. The van der Waals surface area contributed by atoms with E-state index in [0.29, 0.717) is 23.6 Å². The van der Waals surface area contributed by atoms with Gasteiger partial charge in [-0.15, -0.1) is 0 Å². The minimum Gasteiger partial charge on any atom is -0.450 e. The van der Waals surface area contributed by atoms with E-state index in [1.807, 2.05) is 0 Å². The molecule has 1 atom stereocenters. The number of fused-ring (bicyclic) bond motifs is 1. The van der Waals surface area contributed by atoms with Gasteiger partial charge in [0, 0.05) is 18.9 Å². The van der Waals surface area contributed by atoms with Gasteiger partial charge in [-0.3, -0.25) is 9.59 Å². The Morgan fingerprint density at radius 1 is 1.23 bits per heavy atom. The van der Waals surface area contributed by atoms with Crippen molar-refractivity contribution in [2.24, 2.45) is 7.05 Å². The van der Waals surface area contributed by atoms with E-state index in [-0.39, 0.29) is 17.0 Å². The van der Waals surface area contributed by atoms with Gasteiger partial charge in [-0.1, -0.05) is 18.2 Å². The van der Waals surface area contributed by atoms with Crippen molar-refractivity contribution in [3.05, 3.63) is 40.3 Å². The SMILES string of the molecule is Cn1nc(C(=O)O[C@H]2CCCCC2=O)c2ccccc2c1=O. The maximum atomic E-state index is 12.4. The molecule has 0 bridgehead atoms. The number of hydrogen-bond donors (Lipinski definition) is 0. The van der Waals surface area contributed by atoms with Crippen molar-refractivity contribution >= 4 is 22.5 Å². The van der Waals surface area contributed by atoms with Gasteiger partial charge in [-0.25, -0.2) is 9.48 Å². The lowest BCUT2D eigenvalue weighted by Crippen LogP contribution is -2.31. The Labute approximate surface area is 126 Å². The molecule has 0 N–H and O–H groups in total. The number of ether oxygens (including phenoxy) is 1. The molecule has 0 amide bonds. The zero-order valence-electron chi connectivity index (χ0n) is 12.2. The fraction of sp³-hybridized carbons (Fsp3) is 0.375. The number of benzene rings is 1. The highest BCUT2D eigenvalue weighted by molar-refractivity contribution is 6.03. The molecule has 3 rings (SSSR count). The van der Waals surface area contributed by atoms with Gasteiger partial charge < -0.3 is 4.74 Å². The molecule has 1 fully saturated rings. The summed E-state index contributed by atoms with van der Waals surface area (Å²) in [5.41, 5.74) is -0.211. The highest BCUT2D eigenvalue weighted by Crippen LogP contribution is 2.20. The van der Waals surface area contributed by atoms with E-state index in [1.54, 1.807) is 24.3 Å². The van der Waals surface area contributed by atoms with Crippen LogP contribution < -0.4 is 5.56 Å². The van der Waals surface area contributed by atoms with E-state index in [9.17, 15) is 14.4 Å². The number of nitrogens with zero attached hydrogens (tertiary/aromatic N) is 2. The molecule has 22 heavy (non-hydrogen) atoms. The molecule has 1 aliphatic carbocycles. The molecule has 0 unspecified atom stereocenters. The van der Waals surface area contributed by atoms with Crippen LogP contribution in [0.2, 0.25) is 0 Å². The van der Waals surface area contributed by atoms with Crippen LogP contribution in [0.3, 0.4) is 0 Å². The maximum absolute atomic E-state index is 12.4. The Bertz CT molecular complexity index is 809. The molecule has 1 saturated carbocycles. The van der Waals surface area contributed by atoms with Crippen molar-refractivity contribution in [1.82, 2.24) is 9.78 Å². The zero-order chi connectivity index (χ0) is 15.7. The topological polar surface area (TPSA) is 78.3 Å². The predicted octanol–water partition coefficient (Wildman–Crippen LogP) is 1.60. The van der Waals surface area contributed by atoms with Crippen LogP contribution in [-0.2, 0) is 16.6 Å². The lowest BCUT2D eigenvalue weighted by molar-refractivity contribution is -0.129. The van der Waals surface area contributed by atoms with Gasteiger partial charge in [-0.05, 0) is 25.3 Å². The van der Waals surface area contributed by atoms with Crippen molar-refractivity contribution in [3.8, 4) is 0 Å². The standard InChI is InChI=1S/C16H16N2O4/c1-18-15(20)11-7-3-2-6-10(11)14(17-18)16(21)22-13-9-5-4-8-12(13)19/h2-3,6-7,13H,4-5,8-9H2,1H3/t13-/m0/s1. The molecule has 6 nitrogen and oxygen atoms in total. The van der Waals surface area contributed by atoms with Crippen LogP contribution in [0, 0.1) is 0 Å². The van der Waals surface area contributed by atoms with Gasteiger partial charge in [0.2, 0.25) is 0 Å². The first kappa shape index (κ1) is 14.4. The summed E-state index contributed by atoms with van der Waals surface area (Å²) in [5, 5.41) is 4.86. The van der Waals surface area contributed by atoms with E-state index in [1.165, 1.54) is 7.05 Å². The minimum atomic E-state index is -0.695. The predicted molar refractivity (Wildman–Crippen MR) is 79.7 cm³/mol. The minimum absolute atomic E-state index is 0.0475. The van der Waals surface area contributed by atoms with E-state index >= 15 is 0 Å². The summed E-state index contributed by atoms with van der Waals surface area (Å²) in [5.74, 6) is -0.708. The van der Waals surface area contributed by atoms with Gasteiger partial charge in [-0.2, -0.15) is 5.10 Å². The largest absolute Gasteiger partial charge is 0.450 e. The third-order valence-corrected chi connectivity index (χ3v) is 3.90. The molecule has 114 valence electrons. The number of aromatic nitrogens is 2. The van der Waals surface area contributed by atoms with Gasteiger partial charge in [0.25, 0.3) is 5.56 Å². The van der Waals surface area contributed by atoms with Crippen LogP contribution in [0.25, 0.3) is 10.8 Å². The van der Waals surface area contributed by atoms with Gasteiger partial charge in [0.15, 0.2) is 17.6 Å².